The van der Waals surface area contributed by atoms with Crippen molar-refractivity contribution in [1.82, 2.24) is 25.0 Å². The van der Waals surface area contributed by atoms with E-state index in [1.807, 2.05) is 7.05 Å². The molecule has 1 aliphatic heterocycles. The first-order chi connectivity index (χ1) is 10.7. The quantitative estimate of drug-likeness (QED) is 0.849. The molecule has 0 radical (unpaired) electrons. The van der Waals surface area contributed by atoms with Crippen LogP contribution in [0.5, 0.6) is 0 Å². The van der Waals surface area contributed by atoms with Crippen LogP contribution in [0, 0.1) is 0 Å². The average molecular weight is 303 g/mol. The van der Waals surface area contributed by atoms with Gasteiger partial charge in [-0.05, 0) is 38.5 Å². The van der Waals surface area contributed by atoms with Crippen molar-refractivity contribution in [2.75, 3.05) is 13.6 Å². The Morgan fingerprint density at radius 2 is 2.23 bits per heavy atom. The van der Waals surface area contributed by atoms with Gasteiger partial charge in [0.25, 0.3) is 0 Å². The minimum Gasteiger partial charge on any atom is -0.338 e. The van der Waals surface area contributed by atoms with Gasteiger partial charge in [0.15, 0.2) is 5.82 Å². The summed E-state index contributed by atoms with van der Waals surface area (Å²) in [4.78, 5) is 13.8. The van der Waals surface area contributed by atoms with E-state index in [2.05, 4.69) is 26.2 Å². The van der Waals surface area contributed by atoms with E-state index < -0.39 is 0 Å². The van der Waals surface area contributed by atoms with Crippen LogP contribution in [-0.2, 0) is 19.5 Å². The number of urea groups is 1. The molecule has 0 saturated heterocycles. The lowest BCUT2D eigenvalue weighted by molar-refractivity contribution is 0.205. The van der Waals surface area contributed by atoms with E-state index >= 15 is 0 Å². The maximum atomic E-state index is 12.1. The molecule has 3 rings (SSSR count). The summed E-state index contributed by atoms with van der Waals surface area (Å²) < 4.78 is 2.14. The van der Waals surface area contributed by atoms with Gasteiger partial charge in [0.2, 0.25) is 0 Å². The van der Waals surface area contributed by atoms with Crippen LogP contribution in [0.15, 0.2) is 11.6 Å². The number of rotatable bonds is 5. The number of fused-ring (bicyclic) bond motifs is 1. The Hall–Kier alpha value is -1.85. The molecule has 0 aromatic carbocycles. The van der Waals surface area contributed by atoms with Gasteiger partial charge in [-0.15, -0.1) is 10.2 Å². The Morgan fingerprint density at radius 3 is 3.05 bits per heavy atom. The van der Waals surface area contributed by atoms with Crippen LogP contribution in [0.1, 0.15) is 50.2 Å². The van der Waals surface area contributed by atoms with Crippen LogP contribution < -0.4 is 5.32 Å². The number of nitrogens with zero attached hydrogens (tertiary/aromatic N) is 4. The second-order valence-electron chi connectivity index (χ2n) is 6.23. The molecule has 1 aliphatic carbocycles. The Balaban J connectivity index is 1.44. The summed E-state index contributed by atoms with van der Waals surface area (Å²) in [5, 5.41) is 11.4. The molecule has 1 aromatic heterocycles. The Morgan fingerprint density at radius 1 is 1.32 bits per heavy atom. The molecule has 2 aliphatic rings. The third-order valence-electron chi connectivity index (χ3n) is 4.52. The topological polar surface area (TPSA) is 63.1 Å². The average Bonchev–Trinajstić information content (AvgIpc) is 3.13. The number of hydrogen-bond acceptors (Lipinski definition) is 3. The van der Waals surface area contributed by atoms with Gasteiger partial charge in [0.05, 0.1) is 6.54 Å². The summed E-state index contributed by atoms with van der Waals surface area (Å²) in [7, 11) is 1.81. The molecule has 0 atom stereocenters. The number of amides is 2. The first kappa shape index (κ1) is 15.1. The lowest BCUT2D eigenvalue weighted by atomic mass is 9.97. The van der Waals surface area contributed by atoms with Crippen molar-refractivity contribution in [3.05, 3.63) is 23.3 Å². The number of nitrogens with one attached hydrogen (secondary N) is 1. The summed E-state index contributed by atoms with van der Waals surface area (Å²) in [6.45, 7) is 2.20. The molecular weight excluding hydrogens is 278 g/mol. The van der Waals surface area contributed by atoms with E-state index in [1.165, 1.54) is 31.3 Å². The molecule has 120 valence electrons. The molecule has 6 nitrogen and oxygen atoms in total. The smallest absolute Gasteiger partial charge is 0.317 e. The van der Waals surface area contributed by atoms with Gasteiger partial charge in [-0.1, -0.05) is 11.6 Å². The maximum Gasteiger partial charge on any atom is 0.317 e. The molecule has 0 spiro atoms. The molecule has 22 heavy (non-hydrogen) atoms. The molecule has 0 saturated carbocycles. The van der Waals surface area contributed by atoms with E-state index in [-0.39, 0.29) is 6.03 Å². The molecule has 1 N–H and O–H groups in total. The van der Waals surface area contributed by atoms with Crippen LogP contribution in [0.2, 0.25) is 0 Å². The largest absolute Gasteiger partial charge is 0.338 e. The molecule has 2 amide bonds. The summed E-state index contributed by atoms with van der Waals surface area (Å²) >= 11 is 0. The maximum absolute atomic E-state index is 12.1. The van der Waals surface area contributed by atoms with Crippen molar-refractivity contribution in [1.29, 1.82) is 0 Å². The van der Waals surface area contributed by atoms with Crippen LogP contribution >= 0.6 is 0 Å². The van der Waals surface area contributed by atoms with Crippen molar-refractivity contribution in [2.24, 2.45) is 0 Å². The van der Waals surface area contributed by atoms with Crippen molar-refractivity contribution in [3.63, 3.8) is 0 Å². The third kappa shape index (κ3) is 3.48. The van der Waals surface area contributed by atoms with Crippen LogP contribution in [0.25, 0.3) is 0 Å². The number of allylic oxidation sites excluding steroid dienone is 1. The second kappa shape index (κ2) is 6.94. The predicted molar refractivity (Wildman–Crippen MR) is 84.4 cm³/mol. The van der Waals surface area contributed by atoms with Crippen LogP contribution in [-0.4, -0.2) is 39.3 Å². The van der Waals surface area contributed by atoms with Crippen LogP contribution in [0.3, 0.4) is 0 Å². The number of aromatic nitrogens is 3. The minimum atomic E-state index is -0.0354. The van der Waals surface area contributed by atoms with Crippen molar-refractivity contribution < 1.29 is 4.79 Å². The number of aryl methyl sites for hydroxylation is 1. The molecule has 0 bridgehead atoms. The molecule has 1 aromatic rings. The van der Waals surface area contributed by atoms with E-state index in [9.17, 15) is 4.79 Å². The summed E-state index contributed by atoms with van der Waals surface area (Å²) in [5.74, 6) is 1.94. The zero-order valence-corrected chi connectivity index (χ0v) is 13.3. The van der Waals surface area contributed by atoms with Crippen LogP contribution in [0.4, 0.5) is 4.79 Å². The highest BCUT2D eigenvalue weighted by atomic mass is 16.2. The van der Waals surface area contributed by atoms with Gasteiger partial charge in [0.1, 0.15) is 5.82 Å². The predicted octanol–water partition coefficient (Wildman–Crippen LogP) is 2.26. The highest BCUT2D eigenvalue weighted by molar-refractivity contribution is 5.73. The zero-order chi connectivity index (χ0) is 15.4. The molecule has 6 heteroatoms. The highest BCUT2D eigenvalue weighted by Gasteiger charge is 2.19. The normalized spacial score (nSPS) is 17.0. The van der Waals surface area contributed by atoms with Gasteiger partial charge in [0, 0.05) is 26.6 Å². The van der Waals surface area contributed by atoms with Gasteiger partial charge < -0.3 is 14.8 Å². The highest BCUT2D eigenvalue weighted by Crippen LogP contribution is 2.19. The lowest BCUT2D eigenvalue weighted by Crippen LogP contribution is -2.38. The fourth-order valence-electron chi connectivity index (χ4n) is 3.21. The summed E-state index contributed by atoms with van der Waals surface area (Å²) in [5.41, 5.74) is 1.49. The monoisotopic (exact) mass is 303 g/mol. The number of carbonyl (C=O) groups excluding carboxylic acids is 1. The fraction of sp³-hybridized carbons (Fsp3) is 0.688. The molecule has 0 fully saturated rings. The SMILES string of the molecule is CN(Cc1nnc2n1CCC2)C(=O)NCCC1=CCCCC1. The third-order valence-corrected chi connectivity index (χ3v) is 4.52. The van der Waals surface area contributed by atoms with E-state index in [0.717, 1.165) is 37.5 Å². The lowest BCUT2D eigenvalue weighted by Gasteiger charge is -2.18. The first-order valence-corrected chi connectivity index (χ1v) is 8.32. The van der Waals surface area contributed by atoms with Crippen molar-refractivity contribution in [2.45, 2.75) is 58.0 Å². The number of hydrogen-bond donors (Lipinski definition) is 1. The van der Waals surface area contributed by atoms with E-state index in [0.29, 0.717) is 13.1 Å². The van der Waals surface area contributed by atoms with Gasteiger partial charge in [-0.25, -0.2) is 4.79 Å². The number of carbonyl (C=O) groups is 1. The van der Waals surface area contributed by atoms with Crippen molar-refractivity contribution in [3.8, 4) is 0 Å². The first-order valence-electron chi connectivity index (χ1n) is 8.32. The molecule has 2 heterocycles. The van der Waals surface area contributed by atoms with E-state index in [4.69, 9.17) is 0 Å². The minimum absolute atomic E-state index is 0.0354. The van der Waals surface area contributed by atoms with E-state index in [1.54, 1.807) is 4.90 Å². The molecule has 0 unspecified atom stereocenters. The van der Waals surface area contributed by atoms with Gasteiger partial charge in [-0.3, -0.25) is 0 Å². The summed E-state index contributed by atoms with van der Waals surface area (Å²) in [6, 6.07) is -0.0354. The van der Waals surface area contributed by atoms with Crippen molar-refractivity contribution >= 4 is 6.03 Å². The Bertz CT molecular complexity index is 563. The van der Waals surface area contributed by atoms with Gasteiger partial charge in [-0.2, -0.15) is 0 Å². The standard InChI is InChI=1S/C16H25N5O/c1-20(12-15-19-18-14-8-5-11-21(14)15)16(22)17-10-9-13-6-3-2-4-7-13/h6H,2-5,7-12H2,1H3,(H,17,22). The second-order valence-corrected chi connectivity index (χ2v) is 6.23. The Kier molecular flexibility index (Phi) is 4.75. The molecular formula is C16H25N5O. The Labute approximate surface area is 131 Å². The summed E-state index contributed by atoms with van der Waals surface area (Å²) in [6.07, 6.45) is 10.4. The van der Waals surface area contributed by atoms with Gasteiger partial charge >= 0.3 is 6.03 Å². The zero-order valence-electron chi connectivity index (χ0n) is 13.3. The fourth-order valence-corrected chi connectivity index (χ4v) is 3.21.